The zero-order valence-corrected chi connectivity index (χ0v) is 16.0. The fraction of sp³-hybridized carbons (Fsp3) is 0.941. The first-order valence-electron chi connectivity index (χ1n) is 9.22. The predicted octanol–water partition coefficient (Wildman–Crippen LogP) is -2.33. The van der Waals surface area contributed by atoms with Gasteiger partial charge in [0.15, 0.2) is 12.6 Å². The lowest BCUT2D eigenvalue weighted by Crippen LogP contribution is -2.65. The number of rotatable bonds is 7. The minimum atomic E-state index is -1.54. The molecule has 2 heterocycles. The number of carbonyl (C=O) groups is 1. The Hall–Kier alpha value is -0.850. The summed E-state index contributed by atoms with van der Waals surface area (Å²) in [6.45, 7) is 6.90. The van der Waals surface area contributed by atoms with Crippen molar-refractivity contribution < 1.29 is 39.4 Å². The topological polar surface area (TPSA) is 150 Å². The first kappa shape index (κ1) is 22.4. The maximum Gasteiger partial charge on any atom is 0.237 e. The second-order valence-electron chi connectivity index (χ2n) is 7.94. The number of aliphatic hydroxyl groups is 4. The molecule has 0 aromatic carbocycles. The summed E-state index contributed by atoms with van der Waals surface area (Å²) in [5, 5.41) is 44.4. The molecule has 0 spiro atoms. The molecule has 0 aromatic heterocycles. The molecular formula is C17H32N2O8. The van der Waals surface area contributed by atoms with Gasteiger partial charge in [-0.3, -0.25) is 4.79 Å². The molecule has 0 radical (unpaired) electrons. The standard InChI is InChI=1S/C17H32N2O8/c1-9(18-5-4-11-25-7-17(2,3)8-26-11)15(23)19-12-14(22)13(21)10(6-20)27-16(12)24/h9-14,16,18,20-22,24H,4-8H2,1-3H3,(H,19,23)/t9-,10+,12+,13+,14+,16?/m0/s1. The highest BCUT2D eigenvalue weighted by molar-refractivity contribution is 5.81. The van der Waals surface area contributed by atoms with Crippen LogP contribution in [0.15, 0.2) is 0 Å². The van der Waals surface area contributed by atoms with Crippen LogP contribution in [-0.2, 0) is 19.0 Å². The summed E-state index contributed by atoms with van der Waals surface area (Å²) in [5.41, 5.74) is 0.000440. The van der Waals surface area contributed by atoms with Crippen LogP contribution in [0.2, 0.25) is 0 Å². The van der Waals surface area contributed by atoms with E-state index in [1.807, 2.05) is 0 Å². The number of hydrogen-bond donors (Lipinski definition) is 6. The van der Waals surface area contributed by atoms with Gasteiger partial charge >= 0.3 is 0 Å². The molecule has 0 aliphatic carbocycles. The van der Waals surface area contributed by atoms with E-state index in [4.69, 9.17) is 19.3 Å². The second kappa shape index (κ2) is 9.57. The molecule has 6 atom stereocenters. The fourth-order valence-corrected chi connectivity index (χ4v) is 2.95. The number of ether oxygens (including phenoxy) is 3. The molecule has 2 rings (SSSR count). The monoisotopic (exact) mass is 392 g/mol. The Labute approximate surface area is 158 Å². The molecular weight excluding hydrogens is 360 g/mol. The van der Waals surface area contributed by atoms with Crippen LogP contribution in [0.25, 0.3) is 0 Å². The molecule has 6 N–H and O–H groups in total. The molecule has 2 fully saturated rings. The van der Waals surface area contributed by atoms with Gasteiger partial charge in [0.1, 0.15) is 24.4 Å². The van der Waals surface area contributed by atoms with Crippen LogP contribution in [0.5, 0.6) is 0 Å². The van der Waals surface area contributed by atoms with Crippen LogP contribution in [-0.4, -0.2) is 95.7 Å². The van der Waals surface area contributed by atoms with E-state index in [1.54, 1.807) is 6.92 Å². The largest absolute Gasteiger partial charge is 0.394 e. The van der Waals surface area contributed by atoms with E-state index in [0.717, 1.165) is 0 Å². The molecule has 1 amide bonds. The minimum absolute atomic E-state index is 0.000440. The van der Waals surface area contributed by atoms with Crippen molar-refractivity contribution in [3.63, 3.8) is 0 Å². The van der Waals surface area contributed by atoms with Gasteiger partial charge in [-0.1, -0.05) is 13.8 Å². The van der Waals surface area contributed by atoms with Gasteiger partial charge in [0.05, 0.1) is 25.9 Å². The summed E-state index contributed by atoms with van der Waals surface area (Å²) in [4.78, 5) is 12.3. The molecule has 1 unspecified atom stereocenters. The third kappa shape index (κ3) is 6.06. The van der Waals surface area contributed by atoms with E-state index in [1.165, 1.54) is 0 Å². The molecule has 0 saturated carbocycles. The third-order valence-electron chi connectivity index (χ3n) is 4.75. The molecule has 2 aliphatic rings. The van der Waals surface area contributed by atoms with Crippen molar-refractivity contribution in [2.75, 3.05) is 26.4 Å². The summed E-state index contributed by atoms with van der Waals surface area (Å²) >= 11 is 0. The third-order valence-corrected chi connectivity index (χ3v) is 4.75. The molecule has 158 valence electrons. The molecule has 0 aromatic rings. The molecule has 10 nitrogen and oxygen atoms in total. The van der Waals surface area contributed by atoms with Crippen molar-refractivity contribution in [2.24, 2.45) is 5.41 Å². The lowest BCUT2D eigenvalue weighted by molar-refractivity contribution is -0.254. The minimum Gasteiger partial charge on any atom is -0.394 e. The van der Waals surface area contributed by atoms with Gasteiger partial charge in [-0.05, 0) is 6.92 Å². The number of hydrogen-bond acceptors (Lipinski definition) is 9. The smallest absolute Gasteiger partial charge is 0.237 e. The van der Waals surface area contributed by atoms with E-state index >= 15 is 0 Å². The van der Waals surface area contributed by atoms with Gasteiger partial charge in [-0.15, -0.1) is 0 Å². The average molecular weight is 392 g/mol. The first-order valence-corrected chi connectivity index (χ1v) is 9.22. The van der Waals surface area contributed by atoms with E-state index < -0.39 is 49.2 Å². The maximum atomic E-state index is 12.3. The number of aliphatic hydroxyl groups excluding tert-OH is 4. The van der Waals surface area contributed by atoms with E-state index in [-0.39, 0.29) is 11.7 Å². The van der Waals surface area contributed by atoms with Crippen LogP contribution in [0, 0.1) is 5.41 Å². The van der Waals surface area contributed by atoms with Gasteiger partial charge in [0.25, 0.3) is 0 Å². The first-order chi connectivity index (χ1) is 12.6. The van der Waals surface area contributed by atoms with Gasteiger partial charge < -0.3 is 45.3 Å². The summed E-state index contributed by atoms with van der Waals surface area (Å²) in [6.07, 6.45) is -5.28. The predicted molar refractivity (Wildman–Crippen MR) is 93.5 cm³/mol. The highest BCUT2D eigenvalue weighted by Crippen LogP contribution is 2.24. The summed E-state index contributed by atoms with van der Waals surface area (Å²) in [6, 6.07) is -1.82. The van der Waals surface area contributed by atoms with Crippen LogP contribution in [0.3, 0.4) is 0 Å². The highest BCUT2D eigenvalue weighted by atomic mass is 16.7. The Bertz CT molecular complexity index is 482. The lowest BCUT2D eigenvalue weighted by Gasteiger charge is -2.40. The Kier molecular flexibility index (Phi) is 7.95. The van der Waals surface area contributed by atoms with Gasteiger partial charge in [-0.2, -0.15) is 0 Å². The Morgan fingerprint density at radius 1 is 1.19 bits per heavy atom. The zero-order chi connectivity index (χ0) is 20.2. The Morgan fingerprint density at radius 2 is 1.81 bits per heavy atom. The maximum absolute atomic E-state index is 12.3. The summed E-state index contributed by atoms with van der Waals surface area (Å²) < 4.78 is 16.3. The molecule has 27 heavy (non-hydrogen) atoms. The van der Waals surface area contributed by atoms with Gasteiger partial charge in [0, 0.05) is 18.4 Å². The van der Waals surface area contributed by atoms with Gasteiger partial charge in [0.2, 0.25) is 5.91 Å². The average Bonchev–Trinajstić information content (AvgIpc) is 2.62. The molecule has 0 bridgehead atoms. The van der Waals surface area contributed by atoms with Crippen molar-refractivity contribution >= 4 is 5.91 Å². The summed E-state index contributed by atoms with van der Waals surface area (Å²) in [5.74, 6) is -0.469. The van der Waals surface area contributed by atoms with Crippen molar-refractivity contribution in [3.8, 4) is 0 Å². The second-order valence-corrected chi connectivity index (χ2v) is 7.94. The Balaban J connectivity index is 1.73. The molecule has 2 saturated heterocycles. The van der Waals surface area contributed by atoms with Crippen LogP contribution >= 0.6 is 0 Å². The highest BCUT2D eigenvalue weighted by Gasteiger charge is 2.44. The number of amides is 1. The quantitative estimate of drug-likeness (QED) is 0.280. The SMILES string of the molecule is C[C@H](NCCC1OCC(C)(C)CO1)C(=O)N[C@H]1C(O)O[C@H](CO)[C@@H](O)[C@@H]1O. The number of nitrogens with one attached hydrogen (secondary N) is 2. The van der Waals surface area contributed by atoms with E-state index in [9.17, 15) is 20.1 Å². The fourth-order valence-electron chi connectivity index (χ4n) is 2.95. The Morgan fingerprint density at radius 3 is 2.41 bits per heavy atom. The van der Waals surface area contributed by atoms with Crippen LogP contribution in [0.1, 0.15) is 27.2 Å². The van der Waals surface area contributed by atoms with Gasteiger partial charge in [-0.25, -0.2) is 0 Å². The molecule has 10 heteroatoms. The number of carbonyl (C=O) groups excluding carboxylic acids is 1. The van der Waals surface area contributed by atoms with Crippen molar-refractivity contribution in [1.82, 2.24) is 10.6 Å². The van der Waals surface area contributed by atoms with Crippen LogP contribution < -0.4 is 10.6 Å². The van der Waals surface area contributed by atoms with E-state index in [2.05, 4.69) is 24.5 Å². The summed E-state index contributed by atoms with van der Waals surface area (Å²) in [7, 11) is 0. The van der Waals surface area contributed by atoms with Crippen molar-refractivity contribution in [1.29, 1.82) is 0 Å². The van der Waals surface area contributed by atoms with E-state index in [0.29, 0.717) is 26.2 Å². The van der Waals surface area contributed by atoms with Crippen LogP contribution in [0.4, 0.5) is 0 Å². The van der Waals surface area contributed by atoms with Crippen molar-refractivity contribution in [2.45, 2.75) is 70.2 Å². The molecule has 2 aliphatic heterocycles. The lowest BCUT2D eigenvalue weighted by atomic mass is 9.95. The van der Waals surface area contributed by atoms with Crippen molar-refractivity contribution in [3.05, 3.63) is 0 Å². The normalized spacial score (nSPS) is 35.6. The zero-order valence-electron chi connectivity index (χ0n) is 16.0.